The quantitative estimate of drug-likeness (QED) is 0.798. The smallest absolute Gasteiger partial charge is 0.324 e. The fourth-order valence-corrected chi connectivity index (χ4v) is 3.73. The number of esters is 1. The van der Waals surface area contributed by atoms with E-state index in [4.69, 9.17) is 23.2 Å². The molecule has 118 valence electrons. The highest BCUT2D eigenvalue weighted by atomic mass is 35.5. The number of sulfonamides is 1. The number of hydrogen-bond donors (Lipinski definition) is 1. The summed E-state index contributed by atoms with van der Waals surface area (Å²) in [5, 5.41) is 0.262. The lowest BCUT2D eigenvalue weighted by Gasteiger charge is -2.22. The predicted molar refractivity (Wildman–Crippen MR) is 82.0 cm³/mol. The second-order valence-electron chi connectivity index (χ2n) is 4.58. The van der Waals surface area contributed by atoms with Gasteiger partial charge in [-0.1, -0.05) is 43.5 Å². The van der Waals surface area contributed by atoms with Crippen molar-refractivity contribution in [3.63, 3.8) is 0 Å². The predicted octanol–water partition coefficient (Wildman–Crippen LogP) is 2.86. The standard InChI is InChI=1S/C13H17Cl2NO4S/c1-4-8(2)12(13(17)20-3)16-21(18,19)11-7-9(14)5-6-10(11)15/h5-8,12,16H,4H2,1-3H3/t8-,12-/m0/s1. The largest absolute Gasteiger partial charge is 0.468 e. The Labute approximate surface area is 134 Å². The van der Waals surface area contributed by atoms with Crippen LogP contribution in [0.2, 0.25) is 10.0 Å². The molecule has 1 aromatic rings. The zero-order valence-electron chi connectivity index (χ0n) is 11.9. The second-order valence-corrected chi connectivity index (χ2v) is 7.11. The SMILES string of the molecule is CC[C@H](C)[C@H](NS(=O)(=O)c1cc(Cl)ccc1Cl)C(=O)OC. The molecule has 1 aromatic carbocycles. The summed E-state index contributed by atoms with van der Waals surface area (Å²) in [6, 6.07) is 3.11. The summed E-state index contributed by atoms with van der Waals surface area (Å²) in [5.41, 5.74) is 0. The summed E-state index contributed by atoms with van der Waals surface area (Å²) in [5.74, 6) is -0.878. The lowest BCUT2D eigenvalue weighted by molar-refractivity contribution is -0.143. The molecule has 0 saturated heterocycles. The van der Waals surface area contributed by atoms with E-state index in [-0.39, 0.29) is 20.9 Å². The van der Waals surface area contributed by atoms with Crippen LogP contribution < -0.4 is 4.72 Å². The molecule has 0 aliphatic heterocycles. The molecule has 0 amide bonds. The topological polar surface area (TPSA) is 72.5 Å². The molecule has 0 saturated carbocycles. The summed E-state index contributed by atoms with van der Waals surface area (Å²) in [7, 11) is -2.78. The maximum Gasteiger partial charge on any atom is 0.324 e. The van der Waals surface area contributed by atoms with Crippen molar-refractivity contribution in [2.24, 2.45) is 5.92 Å². The molecule has 1 N–H and O–H groups in total. The Morgan fingerprint density at radius 1 is 1.38 bits per heavy atom. The first kappa shape index (κ1) is 18.2. The molecular weight excluding hydrogens is 337 g/mol. The fourth-order valence-electron chi connectivity index (χ4n) is 1.67. The number of carbonyl (C=O) groups is 1. The normalized spacial score (nSPS) is 14.5. The monoisotopic (exact) mass is 353 g/mol. The van der Waals surface area contributed by atoms with Crippen molar-refractivity contribution >= 4 is 39.2 Å². The van der Waals surface area contributed by atoms with Crippen LogP contribution in [0.3, 0.4) is 0 Å². The highest BCUT2D eigenvalue weighted by Gasteiger charge is 2.31. The highest BCUT2D eigenvalue weighted by Crippen LogP contribution is 2.25. The van der Waals surface area contributed by atoms with Crippen LogP contribution in [0.15, 0.2) is 23.1 Å². The number of halogens is 2. The minimum atomic E-state index is -3.99. The molecule has 5 nitrogen and oxygen atoms in total. The molecule has 0 aliphatic rings. The van der Waals surface area contributed by atoms with Crippen LogP contribution in [0, 0.1) is 5.92 Å². The van der Waals surface area contributed by atoms with Crippen LogP contribution in [-0.4, -0.2) is 27.5 Å². The van der Waals surface area contributed by atoms with Crippen molar-refractivity contribution in [2.45, 2.75) is 31.2 Å². The molecule has 0 heterocycles. The van der Waals surface area contributed by atoms with Crippen LogP contribution in [0.25, 0.3) is 0 Å². The summed E-state index contributed by atoms with van der Waals surface area (Å²) in [4.78, 5) is 11.6. The average Bonchev–Trinajstić information content (AvgIpc) is 2.45. The highest BCUT2D eigenvalue weighted by molar-refractivity contribution is 7.89. The minimum Gasteiger partial charge on any atom is -0.468 e. The number of ether oxygens (including phenoxy) is 1. The van der Waals surface area contributed by atoms with E-state index in [1.807, 2.05) is 6.92 Å². The molecule has 0 bridgehead atoms. The first-order valence-electron chi connectivity index (χ1n) is 6.28. The zero-order chi connectivity index (χ0) is 16.2. The van der Waals surface area contributed by atoms with E-state index in [0.717, 1.165) is 0 Å². The molecule has 0 aliphatic carbocycles. The van der Waals surface area contributed by atoms with Gasteiger partial charge in [-0.25, -0.2) is 8.42 Å². The molecule has 8 heteroatoms. The van der Waals surface area contributed by atoms with Gasteiger partial charge in [0, 0.05) is 5.02 Å². The third-order valence-electron chi connectivity index (χ3n) is 3.13. The minimum absolute atomic E-state index is 0.0275. The van der Waals surface area contributed by atoms with Gasteiger partial charge < -0.3 is 4.74 Å². The van der Waals surface area contributed by atoms with Gasteiger partial charge >= 0.3 is 5.97 Å². The van der Waals surface area contributed by atoms with Gasteiger partial charge in [0.2, 0.25) is 10.0 Å². The van der Waals surface area contributed by atoms with Crippen molar-refractivity contribution in [3.05, 3.63) is 28.2 Å². The van der Waals surface area contributed by atoms with Gasteiger partial charge in [0.05, 0.1) is 12.1 Å². The Kier molecular flexibility index (Phi) is 6.46. The van der Waals surface area contributed by atoms with Crippen molar-refractivity contribution in [3.8, 4) is 0 Å². The van der Waals surface area contributed by atoms with Crippen LogP contribution in [0.4, 0.5) is 0 Å². The molecule has 21 heavy (non-hydrogen) atoms. The number of hydrogen-bond acceptors (Lipinski definition) is 4. The molecule has 0 fully saturated rings. The maximum absolute atomic E-state index is 12.4. The Balaban J connectivity index is 3.17. The van der Waals surface area contributed by atoms with Crippen molar-refractivity contribution in [1.29, 1.82) is 0 Å². The number of benzene rings is 1. The van der Waals surface area contributed by atoms with Crippen molar-refractivity contribution < 1.29 is 17.9 Å². The van der Waals surface area contributed by atoms with Crippen LogP contribution in [0.1, 0.15) is 20.3 Å². The van der Waals surface area contributed by atoms with Gasteiger partial charge in [0.1, 0.15) is 10.9 Å². The molecule has 0 radical (unpaired) electrons. The summed E-state index contributed by atoms with van der Waals surface area (Å²) < 4.78 is 31.8. The summed E-state index contributed by atoms with van der Waals surface area (Å²) >= 11 is 11.7. The van der Waals surface area contributed by atoms with Gasteiger partial charge in [0.15, 0.2) is 0 Å². The molecule has 0 unspecified atom stereocenters. The van der Waals surface area contributed by atoms with Crippen LogP contribution >= 0.6 is 23.2 Å². The molecule has 0 aromatic heterocycles. The van der Waals surface area contributed by atoms with Crippen LogP contribution in [-0.2, 0) is 19.6 Å². The van der Waals surface area contributed by atoms with Gasteiger partial charge in [-0.3, -0.25) is 4.79 Å². The van der Waals surface area contributed by atoms with Crippen LogP contribution in [0.5, 0.6) is 0 Å². The third kappa shape index (κ3) is 4.57. The van der Waals surface area contributed by atoms with Gasteiger partial charge in [-0.05, 0) is 24.1 Å². The first-order valence-corrected chi connectivity index (χ1v) is 8.52. The Morgan fingerprint density at radius 2 is 2.00 bits per heavy atom. The fraction of sp³-hybridized carbons (Fsp3) is 0.462. The van der Waals surface area contributed by atoms with Gasteiger partial charge in [0.25, 0.3) is 0 Å². The van der Waals surface area contributed by atoms with E-state index in [9.17, 15) is 13.2 Å². The van der Waals surface area contributed by atoms with E-state index in [1.165, 1.54) is 25.3 Å². The molecule has 2 atom stereocenters. The number of methoxy groups -OCH3 is 1. The van der Waals surface area contributed by atoms with Crippen molar-refractivity contribution in [1.82, 2.24) is 4.72 Å². The Bertz CT molecular complexity index is 619. The van der Waals surface area contributed by atoms with E-state index >= 15 is 0 Å². The lowest BCUT2D eigenvalue weighted by Crippen LogP contribution is -2.45. The van der Waals surface area contributed by atoms with E-state index in [2.05, 4.69) is 9.46 Å². The van der Waals surface area contributed by atoms with Crippen molar-refractivity contribution in [2.75, 3.05) is 7.11 Å². The van der Waals surface area contributed by atoms with E-state index in [0.29, 0.717) is 6.42 Å². The second kappa shape index (κ2) is 7.45. The van der Waals surface area contributed by atoms with Gasteiger partial charge in [-0.15, -0.1) is 0 Å². The number of carbonyl (C=O) groups excluding carboxylic acids is 1. The third-order valence-corrected chi connectivity index (χ3v) is 5.29. The Hall–Kier alpha value is -0.820. The van der Waals surface area contributed by atoms with E-state index in [1.54, 1.807) is 6.92 Å². The first-order chi connectivity index (χ1) is 9.72. The molecule has 1 rings (SSSR count). The number of nitrogens with one attached hydrogen (secondary N) is 1. The zero-order valence-corrected chi connectivity index (χ0v) is 14.2. The molecule has 0 spiro atoms. The average molecular weight is 354 g/mol. The number of rotatable bonds is 6. The molecular formula is C13H17Cl2NO4S. The Morgan fingerprint density at radius 3 is 2.52 bits per heavy atom. The lowest BCUT2D eigenvalue weighted by atomic mass is 10.0. The van der Waals surface area contributed by atoms with E-state index < -0.39 is 22.0 Å². The summed E-state index contributed by atoms with van der Waals surface area (Å²) in [6.07, 6.45) is 0.603. The van der Waals surface area contributed by atoms with Gasteiger partial charge in [-0.2, -0.15) is 4.72 Å². The maximum atomic E-state index is 12.4. The summed E-state index contributed by atoms with van der Waals surface area (Å²) in [6.45, 7) is 3.60.